The second kappa shape index (κ2) is 8.71. The van der Waals surface area contributed by atoms with Crippen molar-refractivity contribution in [2.75, 3.05) is 44.7 Å². The molecule has 3 heterocycles. The lowest BCUT2D eigenvalue weighted by Crippen LogP contribution is -2.52. The van der Waals surface area contributed by atoms with Crippen molar-refractivity contribution in [3.05, 3.63) is 30.1 Å². The third kappa shape index (κ3) is 4.74. The van der Waals surface area contributed by atoms with Gasteiger partial charge in [0.1, 0.15) is 17.1 Å². The van der Waals surface area contributed by atoms with Crippen LogP contribution >= 0.6 is 0 Å². The number of carbonyl (C=O) groups is 1. The molecule has 2 saturated heterocycles. The maximum atomic E-state index is 14.6. The first-order valence-corrected chi connectivity index (χ1v) is 10.6. The molecule has 0 aliphatic carbocycles. The number of fused-ring (bicyclic) bond motifs is 1. The predicted octanol–water partition coefficient (Wildman–Crippen LogP) is 2.42. The van der Waals surface area contributed by atoms with Gasteiger partial charge in [-0.05, 0) is 51.0 Å². The van der Waals surface area contributed by atoms with E-state index >= 15 is 0 Å². The zero-order chi connectivity index (χ0) is 22.0. The van der Waals surface area contributed by atoms with Gasteiger partial charge in [0.05, 0.1) is 23.7 Å². The number of nitrogens with zero attached hydrogens (tertiary/aromatic N) is 5. The van der Waals surface area contributed by atoms with E-state index in [-0.39, 0.29) is 12.5 Å². The number of piperidine rings is 2. The molecule has 1 unspecified atom stereocenters. The summed E-state index contributed by atoms with van der Waals surface area (Å²) in [5.74, 6) is -3.77. The number of likely N-dealkylation sites (tertiary alicyclic amines) is 1. The minimum absolute atomic E-state index is 0.173. The van der Waals surface area contributed by atoms with Gasteiger partial charge in [0.15, 0.2) is 0 Å². The standard InChI is InChI=1S/C22H26F2N6O/c1-29-8-4-15(5-9-29)12-28-21(31)17-10-22(23,24)14-30(13-17)18-3-2-16(11-25)19-20(18)27-7-6-26-19/h2-3,6-7,15,17H,4-5,8-10,12-14H2,1H3,(H,28,31). The first kappa shape index (κ1) is 21.4. The van der Waals surface area contributed by atoms with Gasteiger partial charge < -0.3 is 15.1 Å². The fourth-order valence-corrected chi connectivity index (χ4v) is 4.50. The molecule has 0 spiro atoms. The van der Waals surface area contributed by atoms with Gasteiger partial charge in [0.2, 0.25) is 5.91 Å². The van der Waals surface area contributed by atoms with Crippen LogP contribution in [0.1, 0.15) is 24.8 Å². The molecule has 0 radical (unpaired) electrons. The largest absolute Gasteiger partial charge is 0.363 e. The number of benzene rings is 1. The number of aromatic nitrogens is 2. The van der Waals surface area contributed by atoms with Crippen LogP contribution in [0.25, 0.3) is 11.0 Å². The Bertz CT molecular complexity index is 999. The summed E-state index contributed by atoms with van der Waals surface area (Å²) in [6, 6.07) is 5.24. The van der Waals surface area contributed by atoms with Crippen LogP contribution in [-0.4, -0.2) is 66.5 Å². The fourth-order valence-electron chi connectivity index (χ4n) is 4.50. The summed E-state index contributed by atoms with van der Waals surface area (Å²) in [4.78, 5) is 25.0. The molecule has 2 aromatic rings. The molecule has 7 nitrogen and oxygen atoms in total. The molecule has 1 aromatic carbocycles. The lowest BCUT2D eigenvalue weighted by molar-refractivity contribution is -0.130. The number of hydrogen-bond donors (Lipinski definition) is 1. The first-order valence-electron chi connectivity index (χ1n) is 10.6. The van der Waals surface area contributed by atoms with Crippen LogP contribution in [0.15, 0.2) is 24.5 Å². The summed E-state index contributed by atoms with van der Waals surface area (Å²) in [5.41, 5.74) is 1.57. The smallest absolute Gasteiger partial charge is 0.266 e. The SMILES string of the molecule is CN1CCC(CNC(=O)C2CN(c3ccc(C#N)c4nccnc34)CC(F)(F)C2)CC1. The van der Waals surface area contributed by atoms with Gasteiger partial charge in [-0.3, -0.25) is 14.8 Å². The second-order valence-corrected chi connectivity index (χ2v) is 8.63. The van der Waals surface area contributed by atoms with Crippen LogP contribution in [0.3, 0.4) is 0 Å². The van der Waals surface area contributed by atoms with Crippen molar-refractivity contribution in [1.82, 2.24) is 20.2 Å². The molecule has 2 aliphatic heterocycles. The summed E-state index contributed by atoms with van der Waals surface area (Å²) in [6.07, 6.45) is 4.47. The van der Waals surface area contributed by atoms with Crippen LogP contribution in [0, 0.1) is 23.2 Å². The Labute approximate surface area is 180 Å². The summed E-state index contributed by atoms with van der Waals surface area (Å²) in [7, 11) is 2.07. The summed E-state index contributed by atoms with van der Waals surface area (Å²) in [6.45, 7) is 2.18. The summed E-state index contributed by atoms with van der Waals surface area (Å²) in [5, 5.41) is 12.2. The van der Waals surface area contributed by atoms with Crippen molar-refractivity contribution in [3.8, 4) is 6.07 Å². The van der Waals surface area contributed by atoms with Crippen LogP contribution in [0.4, 0.5) is 14.5 Å². The normalized spacial score (nSPS) is 22.3. The Morgan fingerprint density at radius 1 is 1.26 bits per heavy atom. The van der Waals surface area contributed by atoms with Crippen LogP contribution in [-0.2, 0) is 4.79 Å². The number of nitrogens with one attached hydrogen (secondary N) is 1. The molecule has 1 atom stereocenters. The molecule has 0 bridgehead atoms. The fraction of sp³-hybridized carbons (Fsp3) is 0.545. The van der Waals surface area contributed by atoms with E-state index in [9.17, 15) is 18.8 Å². The van der Waals surface area contributed by atoms with Crippen molar-refractivity contribution in [2.45, 2.75) is 25.2 Å². The molecule has 4 rings (SSSR count). The van der Waals surface area contributed by atoms with E-state index in [1.807, 2.05) is 0 Å². The zero-order valence-electron chi connectivity index (χ0n) is 17.5. The number of alkyl halides is 2. The van der Waals surface area contributed by atoms with Gasteiger partial charge in [-0.1, -0.05) is 0 Å². The zero-order valence-corrected chi connectivity index (χ0v) is 17.5. The maximum Gasteiger partial charge on any atom is 0.266 e. The molecule has 164 valence electrons. The van der Waals surface area contributed by atoms with E-state index < -0.39 is 24.8 Å². The molecular formula is C22H26F2N6O. The number of hydrogen-bond acceptors (Lipinski definition) is 6. The molecule has 0 saturated carbocycles. The molecule has 1 amide bonds. The maximum absolute atomic E-state index is 14.6. The third-order valence-electron chi connectivity index (χ3n) is 6.25. The number of nitriles is 1. The van der Waals surface area contributed by atoms with E-state index in [0.29, 0.717) is 34.7 Å². The molecule has 1 aromatic heterocycles. The molecule has 1 N–H and O–H groups in total. The first-order chi connectivity index (χ1) is 14.9. The summed E-state index contributed by atoms with van der Waals surface area (Å²) < 4.78 is 29.2. The number of carbonyl (C=O) groups excluding carboxylic acids is 1. The van der Waals surface area contributed by atoms with Gasteiger partial charge in [0, 0.05) is 31.9 Å². The molecule has 2 fully saturated rings. The number of anilines is 1. The highest BCUT2D eigenvalue weighted by Gasteiger charge is 2.43. The van der Waals surface area contributed by atoms with E-state index in [4.69, 9.17) is 0 Å². The molecule has 2 aliphatic rings. The number of amides is 1. The Kier molecular flexibility index (Phi) is 6.01. The minimum atomic E-state index is -3.00. The van der Waals surface area contributed by atoms with Gasteiger partial charge in [-0.15, -0.1) is 0 Å². The highest BCUT2D eigenvalue weighted by molar-refractivity contribution is 5.92. The lowest BCUT2D eigenvalue weighted by Gasteiger charge is -2.38. The van der Waals surface area contributed by atoms with Crippen molar-refractivity contribution in [2.24, 2.45) is 11.8 Å². The highest BCUT2D eigenvalue weighted by Crippen LogP contribution is 2.36. The Balaban J connectivity index is 1.51. The van der Waals surface area contributed by atoms with E-state index in [0.717, 1.165) is 25.9 Å². The topological polar surface area (TPSA) is 85.2 Å². The highest BCUT2D eigenvalue weighted by atomic mass is 19.3. The quantitative estimate of drug-likeness (QED) is 0.805. The number of rotatable bonds is 4. The minimum Gasteiger partial charge on any atom is -0.363 e. The Hall–Kier alpha value is -2.86. The Morgan fingerprint density at radius 2 is 1.97 bits per heavy atom. The van der Waals surface area contributed by atoms with E-state index in [1.54, 1.807) is 12.1 Å². The molecular weight excluding hydrogens is 402 g/mol. The van der Waals surface area contributed by atoms with E-state index in [1.165, 1.54) is 17.3 Å². The van der Waals surface area contributed by atoms with Gasteiger partial charge >= 0.3 is 0 Å². The molecule has 9 heteroatoms. The predicted molar refractivity (Wildman–Crippen MR) is 113 cm³/mol. The summed E-state index contributed by atoms with van der Waals surface area (Å²) >= 11 is 0. The monoisotopic (exact) mass is 428 g/mol. The molecule has 31 heavy (non-hydrogen) atoms. The van der Waals surface area contributed by atoms with Crippen molar-refractivity contribution >= 4 is 22.6 Å². The third-order valence-corrected chi connectivity index (χ3v) is 6.25. The van der Waals surface area contributed by atoms with Crippen molar-refractivity contribution < 1.29 is 13.6 Å². The van der Waals surface area contributed by atoms with Crippen molar-refractivity contribution in [1.29, 1.82) is 5.26 Å². The van der Waals surface area contributed by atoms with Gasteiger partial charge in [-0.25, -0.2) is 8.78 Å². The Morgan fingerprint density at radius 3 is 2.68 bits per heavy atom. The average molecular weight is 428 g/mol. The lowest BCUT2D eigenvalue weighted by atomic mass is 9.92. The van der Waals surface area contributed by atoms with Crippen molar-refractivity contribution in [3.63, 3.8) is 0 Å². The van der Waals surface area contributed by atoms with Crippen LogP contribution in [0.5, 0.6) is 0 Å². The second-order valence-electron chi connectivity index (χ2n) is 8.63. The van der Waals surface area contributed by atoms with Crippen LogP contribution in [0.2, 0.25) is 0 Å². The van der Waals surface area contributed by atoms with Gasteiger partial charge in [0.25, 0.3) is 5.92 Å². The average Bonchev–Trinajstić information content (AvgIpc) is 2.76. The van der Waals surface area contributed by atoms with Gasteiger partial charge in [-0.2, -0.15) is 5.26 Å². The number of halogens is 2. The van der Waals surface area contributed by atoms with Crippen LogP contribution < -0.4 is 10.2 Å². The van der Waals surface area contributed by atoms with E-state index in [2.05, 4.69) is 33.3 Å².